The van der Waals surface area contributed by atoms with Gasteiger partial charge in [-0.25, -0.2) is 9.97 Å². The highest BCUT2D eigenvalue weighted by molar-refractivity contribution is 7.15. The van der Waals surface area contributed by atoms with Crippen LogP contribution in [0.25, 0.3) is 4.96 Å². The molecule has 1 fully saturated rings. The molecule has 1 atom stereocenters. The summed E-state index contributed by atoms with van der Waals surface area (Å²) in [5.74, 6) is -0.0523. The minimum absolute atomic E-state index is 0.0158. The SMILES string of the molecule is Cc1csc2nc(CN3CCCC(C(=O)Nc4nccs4)C3)cc(=O)n12. The summed E-state index contributed by atoms with van der Waals surface area (Å²) in [7, 11) is 0. The van der Waals surface area contributed by atoms with Crippen molar-refractivity contribution in [3.8, 4) is 0 Å². The average molecular weight is 390 g/mol. The zero-order valence-corrected chi connectivity index (χ0v) is 16.0. The number of anilines is 1. The van der Waals surface area contributed by atoms with Crippen LogP contribution >= 0.6 is 22.7 Å². The topological polar surface area (TPSA) is 79.6 Å². The molecule has 1 N–H and O–H groups in total. The van der Waals surface area contributed by atoms with Gasteiger partial charge < -0.3 is 5.32 Å². The van der Waals surface area contributed by atoms with Crippen LogP contribution in [0.2, 0.25) is 0 Å². The largest absolute Gasteiger partial charge is 0.302 e. The third-order valence-electron chi connectivity index (χ3n) is 4.55. The van der Waals surface area contributed by atoms with Gasteiger partial charge in [-0.05, 0) is 26.3 Å². The van der Waals surface area contributed by atoms with E-state index in [4.69, 9.17) is 0 Å². The molecular formula is C17H19N5O2S2. The van der Waals surface area contributed by atoms with Crippen molar-refractivity contribution in [1.82, 2.24) is 19.3 Å². The van der Waals surface area contributed by atoms with Gasteiger partial charge in [-0.15, -0.1) is 22.7 Å². The summed E-state index contributed by atoms with van der Waals surface area (Å²) < 4.78 is 1.63. The van der Waals surface area contributed by atoms with Crippen molar-refractivity contribution >= 4 is 38.7 Å². The van der Waals surface area contributed by atoms with E-state index in [2.05, 4.69) is 20.2 Å². The van der Waals surface area contributed by atoms with Crippen LogP contribution in [-0.4, -0.2) is 38.3 Å². The van der Waals surface area contributed by atoms with Gasteiger partial charge in [-0.3, -0.25) is 18.9 Å². The standard InChI is InChI=1S/C17H19N5O2S2/c1-11-10-26-17-19-13(7-14(23)22(11)17)9-21-5-2-3-12(8-21)15(24)20-16-18-4-6-25-16/h4,6-7,10,12H,2-3,5,8-9H2,1H3,(H,18,20,24). The number of aromatic nitrogens is 3. The van der Waals surface area contributed by atoms with Crippen LogP contribution in [0.1, 0.15) is 24.2 Å². The summed E-state index contributed by atoms with van der Waals surface area (Å²) in [6.07, 6.45) is 3.50. The van der Waals surface area contributed by atoms with Crippen LogP contribution in [0.3, 0.4) is 0 Å². The van der Waals surface area contributed by atoms with E-state index < -0.39 is 0 Å². The van der Waals surface area contributed by atoms with Crippen LogP contribution < -0.4 is 10.9 Å². The fraction of sp³-hybridized carbons (Fsp3) is 0.412. The molecule has 0 aliphatic carbocycles. The van der Waals surface area contributed by atoms with Crippen molar-refractivity contribution in [1.29, 1.82) is 0 Å². The van der Waals surface area contributed by atoms with Crippen LogP contribution in [-0.2, 0) is 11.3 Å². The molecule has 1 amide bonds. The van der Waals surface area contributed by atoms with Gasteiger partial charge in [0.05, 0.1) is 11.6 Å². The van der Waals surface area contributed by atoms with Gasteiger partial charge in [0.15, 0.2) is 10.1 Å². The third kappa shape index (κ3) is 3.55. The number of hydrogen-bond donors (Lipinski definition) is 1. The first kappa shape index (κ1) is 17.3. The predicted octanol–water partition coefficient (Wildman–Crippen LogP) is 2.37. The molecule has 4 rings (SSSR count). The van der Waals surface area contributed by atoms with Gasteiger partial charge in [0.25, 0.3) is 5.56 Å². The number of fused-ring (bicyclic) bond motifs is 1. The molecule has 9 heteroatoms. The summed E-state index contributed by atoms with van der Waals surface area (Å²) in [5.41, 5.74) is 1.63. The summed E-state index contributed by atoms with van der Waals surface area (Å²) in [4.78, 5) is 36.4. The maximum absolute atomic E-state index is 12.5. The first-order chi connectivity index (χ1) is 12.6. The number of hydrogen-bond acceptors (Lipinski definition) is 7. The van der Waals surface area contributed by atoms with Crippen LogP contribution in [0.4, 0.5) is 5.13 Å². The fourth-order valence-corrected chi connectivity index (χ4v) is 4.74. The lowest BCUT2D eigenvalue weighted by atomic mass is 9.97. The van der Waals surface area contributed by atoms with Crippen LogP contribution in [0.5, 0.6) is 0 Å². The molecule has 0 aromatic carbocycles. The lowest BCUT2D eigenvalue weighted by Gasteiger charge is -2.31. The summed E-state index contributed by atoms with van der Waals surface area (Å²) in [6, 6.07) is 1.60. The quantitative estimate of drug-likeness (QED) is 0.741. The van der Waals surface area contributed by atoms with Gasteiger partial charge in [0, 0.05) is 41.8 Å². The number of aryl methyl sites for hydroxylation is 1. The minimum atomic E-state index is -0.0681. The van der Waals surface area contributed by atoms with Crippen LogP contribution in [0, 0.1) is 12.8 Å². The summed E-state index contributed by atoms with van der Waals surface area (Å²) in [6.45, 7) is 4.07. The Balaban J connectivity index is 1.45. The summed E-state index contributed by atoms with van der Waals surface area (Å²) in [5, 5.41) is 7.31. The number of piperidine rings is 1. The highest BCUT2D eigenvalue weighted by atomic mass is 32.1. The number of nitrogens with one attached hydrogen (secondary N) is 1. The molecule has 0 radical (unpaired) electrons. The van der Waals surface area contributed by atoms with Crippen molar-refractivity contribution in [2.75, 3.05) is 18.4 Å². The van der Waals surface area contributed by atoms with E-state index in [0.717, 1.165) is 35.7 Å². The Morgan fingerprint density at radius 1 is 1.42 bits per heavy atom. The van der Waals surface area contributed by atoms with E-state index in [9.17, 15) is 9.59 Å². The Labute approximate surface area is 158 Å². The Kier molecular flexibility index (Phi) is 4.84. The number of amides is 1. The predicted molar refractivity (Wildman–Crippen MR) is 103 cm³/mol. The second-order valence-electron chi connectivity index (χ2n) is 6.48. The molecule has 26 heavy (non-hydrogen) atoms. The summed E-state index contributed by atoms with van der Waals surface area (Å²) >= 11 is 2.90. The zero-order chi connectivity index (χ0) is 18.1. The van der Waals surface area contributed by atoms with E-state index in [1.54, 1.807) is 16.7 Å². The van der Waals surface area contributed by atoms with Crippen molar-refractivity contribution in [2.24, 2.45) is 5.92 Å². The van der Waals surface area contributed by atoms with Gasteiger partial charge in [0.2, 0.25) is 5.91 Å². The fourth-order valence-electron chi connectivity index (χ4n) is 3.32. The molecule has 1 aliphatic heterocycles. The highest BCUT2D eigenvalue weighted by Crippen LogP contribution is 2.21. The molecular weight excluding hydrogens is 370 g/mol. The molecule has 3 aromatic rings. The highest BCUT2D eigenvalue weighted by Gasteiger charge is 2.26. The normalized spacial score (nSPS) is 18.3. The molecule has 4 heterocycles. The van der Waals surface area contributed by atoms with E-state index >= 15 is 0 Å². The lowest BCUT2D eigenvalue weighted by Crippen LogP contribution is -2.40. The molecule has 0 spiro atoms. The Bertz CT molecular complexity index is 979. The first-order valence-electron chi connectivity index (χ1n) is 8.49. The van der Waals surface area contributed by atoms with E-state index in [-0.39, 0.29) is 17.4 Å². The molecule has 1 unspecified atom stereocenters. The van der Waals surface area contributed by atoms with Gasteiger partial charge in [0.1, 0.15) is 0 Å². The van der Waals surface area contributed by atoms with E-state index in [0.29, 0.717) is 18.2 Å². The molecule has 0 bridgehead atoms. The van der Waals surface area contributed by atoms with E-state index in [1.165, 1.54) is 22.7 Å². The zero-order valence-electron chi connectivity index (χ0n) is 14.3. The third-order valence-corrected chi connectivity index (χ3v) is 6.19. The van der Waals surface area contributed by atoms with Crippen molar-refractivity contribution in [3.63, 3.8) is 0 Å². The van der Waals surface area contributed by atoms with Crippen molar-refractivity contribution in [2.45, 2.75) is 26.3 Å². The number of carbonyl (C=O) groups excluding carboxylic acids is 1. The van der Waals surface area contributed by atoms with Crippen molar-refractivity contribution < 1.29 is 4.79 Å². The Hall–Kier alpha value is -2.10. The number of carbonyl (C=O) groups is 1. The maximum Gasteiger partial charge on any atom is 0.259 e. The second kappa shape index (κ2) is 7.26. The lowest BCUT2D eigenvalue weighted by molar-refractivity contribution is -0.121. The van der Waals surface area contributed by atoms with Crippen LogP contribution in [0.15, 0.2) is 27.8 Å². The Morgan fingerprint density at radius 3 is 3.12 bits per heavy atom. The molecule has 0 saturated carbocycles. The maximum atomic E-state index is 12.5. The smallest absolute Gasteiger partial charge is 0.259 e. The van der Waals surface area contributed by atoms with Gasteiger partial charge in [-0.2, -0.15) is 0 Å². The number of rotatable bonds is 4. The molecule has 136 valence electrons. The molecule has 3 aromatic heterocycles. The molecule has 7 nitrogen and oxygen atoms in total. The monoisotopic (exact) mass is 389 g/mol. The van der Waals surface area contributed by atoms with Crippen molar-refractivity contribution in [3.05, 3.63) is 44.8 Å². The Morgan fingerprint density at radius 2 is 2.31 bits per heavy atom. The van der Waals surface area contributed by atoms with Gasteiger partial charge >= 0.3 is 0 Å². The number of likely N-dealkylation sites (tertiary alicyclic amines) is 1. The minimum Gasteiger partial charge on any atom is -0.302 e. The van der Waals surface area contributed by atoms with E-state index in [1.807, 2.05) is 17.7 Å². The van der Waals surface area contributed by atoms with Gasteiger partial charge in [-0.1, -0.05) is 0 Å². The average Bonchev–Trinajstić information content (AvgIpc) is 3.25. The molecule has 1 aliphatic rings. The first-order valence-corrected chi connectivity index (χ1v) is 10.3. The second-order valence-corrected chi connectivity index (χ2v) is 8.21. The number of thiazole rings is 2. The number of nitrogens with zero attached hydrogens (tertiary/aromatic N) is 4. The molecule has 1 saturated heterocycles.